The van der Waals surface area contributed by atoms with Gasteiger partial charge in [0.25, 0.3) is 0 Å². The average Bonchev–Trinajstić information content (AvgIpc) is 3.00. The fourth-order valence-electron chi connectivity index (χ4n) is 5.08. The molecular formula is C32H44O20. The van der Waals surface area contributed by atoms with E-state index in [-0.39, 0.29) is 13.2 Å². The van der Waals surface area contributed by atoms with E-state index < -0.39 is 122 Å². The van der Waals surface area contributed by atoms with Crippen molar-refractivity contribution in [2.45, 2.75) is 117 Å². The van der Waals surface area contributed by atoms with Gasteiger partial charge in [-0.2, -0.15) is 0 Å². The Labute approximate surface area is 298 Å². The Morgan fingerprint density at radius 3 is 0.942 bits per heavy atom. The van der Waals surface area contributed by atoms with E-state index >= 15 is 0 Å². The highest BCUT2D eigenvalue weighted by Gasteiger charge is 2.54. The summed E-state index contributed by atoms with van der Waals surface area (Å²) in [6.45, 7) is 7.37. The maximum atomic E-state index is 12.0. The van der Waals surface area contributed by atoms with Crippen LogP contribution in [0.2, 0.25) is 0 Å². The number of esters is 8. The van der Waals surface area contributed by atoms with Crippen LogP contribution in [0.3, 0.4) is 0 Å². The molecule has 52 heavy (non-hydrogen) atoms. The Balaban J connectivity index is 2.27. The van der Waals surface area contributed by atoms with E-state index in [1.807, 2.05) is 0 Å². The van der Waals surface area contributed by atoms with Crippen molar-refractivity contribution in [2.24, 2.45) is 0 Å². The van der Waals surface area contributed by atoms with Crippen LogP contribution in [0.15, 0.2) is 12.2 Å². The molecule has 0 spiro atoms. The summed E-state index contributed by atoms with van der Waals surface area (Å²) in [7, 11) is 0. The van der Waals surface area contributed by atoms with E-state index in [1.165, 1.54) is 12.2 Å². The molecule has 20 heteroatoms. The molecular weight excluding hydrogens is 704 g/mol. The first kappa shape index (κ1) is 43.5. The third-order valence-corrected chi connectivity index (χ3v) is 6.78. The molecule has 2 heterocycles. The van der Waals surface area contributed by atoms with Crippen LogP contribution >= 0.6 is 0 Å². The lowest BCUT2D eigenvalue weighted by Gasteiger charge is -2.44. The predicted molar refractivity (Wildman–Crippen MR) is 165 cm³/mol. The Hall–Kier alpha value is -4.66. The third-order valence-electron chi connectivity index (χ3n) is 6.78. The summed E-state index contributed by atoms with van der Waals surface area (Å²) < 4.78 is 65.4. The Morgan fingerprint density at radius 2 is 0.673 bits per heavy atom. The highest BCUT2D eigenvalue weighted by atomic mass is 16.7. The van der Waals surface area contributed by atoms with Gasteiger partial charge in [0.05, 0.1) is 13.2 Å². The molecule has 0 radical (unpaired) electrons. The van der Waals surface area contributed by atoms with E-state index in [0.717, 1.165) is 55.4 Å². The maximum Gasteiger partial charge on any atom is 0.303 e. The summed E-state index contributed by atoms with van der Waals surface area (Å²) in [4.78, 5) is 95.0. The second kappa shape index (κ2) is 21.0. The van der Waals surface area contributed by atoms with Crippen LogP contribution in [0.1, 0.15) is 55.4 Å². The lowest BCUT2D eigenvalue weighted by atomic mass is 9.98. The highest BCUT2D eigenvalue weighted by molar-refractivity contribution is 5.70. The minimum Gasteiger partial charge on any atom is -0.463 e. The van der Waals surface area contributed by atoms with Gasteiger partial charge in [-0.25, -0.2) is 0 Å². The van der Waals surface area contributed by atoms with Crippen molar-refractivity contribution in [3.63, 3.8) is 0 Å². The normalized spacial score (nSPS) is 28.5. The molecule has 0 aromatic heterocycles. The summed E-state index contributed by atoms with van der Waals surface area (Å²) in [5.74, 6) is -6.21. The first-order valence-electron chi connectivity index (χ1n) is 15.9. The maximum absolute atomic E-state index is 12.0. The fraction of sp³-hybridized carbons (Fsp3) is 0.688. The highest BCUT2D eigenvalue weighted by Crippen LogP contribution is 2.31. The van der Waals surface area contributed by atoms with Crippen LogP contribution < -0.4 is 0 Å². The number of hydrogen-bond donors (Lipinski definition) is 0. The summed E-state index contributed by atoms with van der Waals surface area (Å²) in [6.07, 6.45) is -10.9. The van der Waals surface area contributed by atoms with E-state index in [1.54, 1.807) is 0 Å². The third kappa shape index (κ3) is 14.5. The smallest absolute Gasteiger partial charge is 0.303 e. The van der Waals surface area contributed by atoms with Crippen LogP contribution in [-0.2, 0) is 95.2 Å². The molecule has 292 valence electrons. The summed E-state index contributed by atoms with van der Waals surface area (Å²) in [5.41, 5.74) is 0. The van der Waals surface area contributed by atoms with Gasteiger partial charge in [0, 0.05) is 55.4 Å². The summed E-state index contributed by atoms with van der Waals surface area (Å²) in [6, 6.07) is 0. The second-order valence-corrected chi connectivity index (χ2v) is 11.3. The molecule has 0 N–H and O–H groups in total. The van der Waals surface area contributed by atoms with E-state index in [2.05, 4.69) is 0 Å². The number of hydrogen-bond acceptors (Lipinski definition) is 20. The van der Waals surface area contributed by atoms with Crippen molar-refractivity contribution >= 4 is 47.8 Å². The lowest BCUT2D eigenvalue weighted by Crippen LogP contribution is -2.63. The Kier molecular flexibility index (Phi) is 17.6. The number of carbonyl (C=O) groups is 8. The van der Waals surface area contributed by atoms with Gasteiger partial charge < -0.3 is 56.8 Å². The predicted octanol–water partition coefficient (Wildman–Crippen LogP) is -0.258. The first-order chi connectivity index (χ1) is 24.4. The topological polar surface area (TPSA) is 247 Å². The minimum atomic E-state index is -1.44. The van der Waals surface area contributed by atoms with Crippen molar-refractivity contribution in [1.29, 1.82) is 0 Å². The molecule has 2 saturated heterocycles. The van der Waals surface area contributed by atoms with Crippen molar-refractivity contribution in [3.8, 4) is 0 Å². The average molecular weight is 749 g/mol. The molecule has 2 rings (SSSR count). The van der Waals surface area contributed by atoms with E-state index in [4.69, 9.17) is 56.8 Å². The fourth-order valence-corrected chi connectivity index (χ4v) is 5.08. The van der Waals surface area contributed by atoms with Gasteiger partial charge in [0.2, 0.25) is 0 Å². The minimum absolute atomic E-state index is 0.254. The molecule has 2 aliphatic heterocycles. The summed E-state index contributed by atoms with van der Waals surface area (Å²) in [5, 5.41) is 0. The first-order valence-corrected chi connectivity index (χ1v) is 15.9. The standard InChI is InChI=1S/C32H44O20/c1-15(33)43-13-23-25(45-17(3)35)27(47-19(5)37)29(49-21(7)39)31(51-23)41-11-9-10-12-42-32-30(50-22(8)40)28(48-20(6)38)26(46-18(4)36)24(52-32)14-44-16(2)34/h9-10,23-32H,11-14H2,1-8H3/b10-9+/t23-,24-,25-,26-,27+,28+,29-,30-,31?,32?/m1/s1. The quantitative estimate of drug-likeness (QED) is 0.112. The molecule has 0 aromatic rings. The monoisotopic (exact) mass is 748 g/mol. The van der Waals surface area contributed by atoms with Crippen LogP contribution in [0, 0.1) is 0 Å². The van der Waals surface area contributed by atoms with Gasteiger partial charge >= 0.3 is 47.8 Å². The number of ether oxygens (including phenoxy) is 12. The van der Waals surface area contributed by atoms with E-state index in [9.17, 15) is 38.4 Å². The number of rotatable bonds is 16. The molecule has 0 aliphatic carbocycles. The Bertz CT molecular complexity index is 1230. The van der Waals surface area contributed by atoms with Crippen molar-refractivity contribution in [1.82, 2.24) is 0 Å². The lowest BCUT2D eigenvalue weighted by molar-refractivity contribution is -0.306. The summed E-state index contributed by atoms with van der Waals surface area (Å²) >= 11 is 0. The zero-order valence-corrected chi connectivity index (χ0v) is 29.9. The molecule has 2 aliphatic rings. The number of carbonyl (C=O) groups excluding carboxylic acids is 8. The van der Waals surface area contributed by atoms with E-state index in [0.29, 0.717) is 0 Å². The van der Waals surface area contributed by atoms with Gasteiger partial charge in [0.1, 0.15) is 25.4 Å². The van der Waals surface area contributed by atoms with Crippen LogP contribution in [0.4, 0.5) is 0 Å². The van der Waals surface area contributed by atoms with Gasteiger partial charge in [0.15, 0.2) is 49.2 Å². The zero-order valence-electron chi connectivity index (χ0n) is 29.9. The Morgan fingerprint density at radius 1 is 0.404 bits per heavy atom. The van der Waals surface area contributed by atoms with Gasteiger partial charge in [-0.05, 0) is 0 Å². The molecule has 0 bridgehead atoms. The van der Waals surface area contributed by atoms with Gasteiger partial charge in [-0.3, -0.25) is 38.4 Å². The van der Waals surface area contributed by atoms with Crippen LogP contribution in [-0.4, -0.2) is 136 Å². The van der Waals surface area contributed by atoms with Crippen LogP contribution in [0.25, 0.3) is 0 Å². The largest absolute Gasteiger partial charge is 0.463 e. The van der Waals surface area contributed by atoms with Crippen molar-refractivity contribution in [3.05, 3.63) is 12.2 Å². The molecule has 2 fully saturated rings. The molecule has 0 saturated carbocycles. The van der Waals surface area contributed by atoms with Crippen molar-refractivity contribution < 1.29 is 95.2 Å². The molecule has 20 nitrogen and oxygen atoms in total. The van der Waals surface area contributed by atoms with Gasteiger partial charge in [-0.15, -0.1) is 0 Å². The van der Waals surface area contributed by atoms with Crippen molar-refractivity contribution in [2.75, 3.05) is 26.4 Å². The SMILES string of the molecule is CC(=O)OC[C@H]1OC(OC/C=C/COC2O[C@H](COC(C)=O)[C@@H](OC(C)=O)[C@H](OC(C)=O)[C@H]2OC(C)=O)[C@H](OC(C)=O)[C@@H](OC(C)=O)[C@@H]1OC(C)=O. The molecule has 10 atom stereocenters. The molecule has 0 aromatic carbocycles. The second-order valence-electron chi connectivity index (χ2n) is 11.3. The van der Waals surface area contributed by atoms with Gasteiger partial charge in [-0.1, -0.05) is 12.2 Å². The molecule has 0 amide bonds. The van der Waals surface area contributed by atoms with Crippen LogP contribution in [0.5, 0.6) is 0 Å². The zero-order chi connectivity index (χ0) is 39.1. The molecule has 2 unspecified atom stereocenters.